The highest BCUT2D eigenvalue weighted by atomic mass is 32.1. The van der Waals surface area contributed by atoms with E-state index in [2.05, 4.69) is 20.6 Å². The van der Waals surface area contributed by atoms with Crippen LogP contribution in [-0.4, -0.2) is 29.5 Å². The van der Waals surface area contributed by atoms with Crippen molar-refractivity contribution in [3.8, 4) is 5.88 Å². The number of hydrogen-bond donors (Lipinski definition) is 2. The van der Waals surface area contributed by atoms with Crippen LogP contribution < -0.4 is 15.4 Å². The number of pyridine rings is 1. The minimum Gasteiger partial charge on any atom is -0.481 e. The van der Waals surface area contributed by atoms with Crippen molar-refractivity contribution in [2.24, 2.45) is 0 Å². The van der Waals surface area contributed by atoms with E-state index >= 15 is 0 Å². The van der Waals surface area contributed by atoms with Crippen molar-refractivity contribution in [3.05, 3.63) is 33.5 Å². The number of rotatable bonds is 6. The standard InChI is InChI=1S/C16H22N4O2S/c1-6-17-16-20-11(4)13(23-16)14(21)18-8-12-9(2)7-10(3)19-15(12)22-5/h7H,6,8H2,1-5H3,(H,17,20)(H,18,21). The lowest BCUT2D eigenvalue weighted by Crippen LogP contribution is -2.23. The Morgan fingerprint density at radius 1 is 1.30 bits per heavy atom. The second-order valence-corrected chi connectivity index (χ2v) is 6.21. The first-order chi connectivity index (χ1) is 11.0. The number of aromatic nitrogens is 2. The molecule has 2 aromatic heterocycles. The lowest BCUT2D eigenvalue weighted by atomic mass is 10.1. The zero-order valence-corrected chi connectivity index (χ0v) is 14.9. The molecule has 0 aliphatic heterocycles. The largest absolute Gasteiger partial charge is 0.481 e. The summed E-state index contributed by atoms with van der Waals surface area (Å²) < 4.78 is 5.32. The van der Waals surface area contributed by atoms with Gasteiger partial charge >= 0.3 is 0 Å². The Hall–Kier alpha value is -2.15. The minimum absolute atomic E-state index is 0.133. The molecule has 0 radical (unpaired) electrons. The molecule has 0 atom stereocenters. The molecule has 2 aromatic rings. The second kappa shape index (κ2) is 7.41. The number of hydrogen-bond acceptors (Lipinski definition) is 6. The lowest BCUT2D eigenvalue weighted by molar-refractivity contribution is 0.0954. The van der Waals surface area contributed by atoms with Gasteiger partial charge in [0.25, 0.3) is 5.91 Å². The van der Waals surface area contributed by atoms with Crippen LogP contribution in [0.1, 0.15) is 39.1 Å². The van der Waals surface area contributed by atoms with Crippen molar-refractivity contribution in [2.45, 2.75) is 34.2 Å². The molecule has 0 saturated heterocycles. The highest BCUT2D eigenvalue weighted by Gasteiger charge is 2.16. The molecule has 7 heteroatoms. The maximum absolute atomic E-state index is 12.4. The highest BCUT2D eigenvalue weighted by Crippen LogP contribution is 2.23. The molecule has 0 spiro atoms. The molecular formula is C16H22N4O2S. The fourth-order valence-corrected chi connectivity index (χ4v) is 3.25. The van der Waals surface area contributed by atoms with Crippen LogP contribution in [0.25, 0.3) is 0 Å². The van der Waals surface area contributed by atoms with Crippen LogP contribution in [0.15, 0.2) is 6.07 Å². The van der Waals surface area contributed by atoms with Gasteiger partial charge in [0.1, 0.15) is 4.88 Å². The van der Waals surface area contributed by atoms with Crippen LogP contribution in [0.2, 0.25) is 0 Å². The zero-order valence-electron chi connectivity index (χ0n) is 14.1. The molecule has 0 saturated carbocycles. The van der Waals surface area contributed by atoms with Gasteiger partial charge in [0.15, 0.2) is 5.13 Å². The molecule has 1 amide bonds. The molecule has 2 N–H and O–H groups in total. The van der Waals surface area contributed by atoms with Crippen LogP contribution >= 0.6 is 11.3 Å². The van der Waals surface area contributed by atoms with Crippen molar-refractivity contribution in [3.63, 3.8) is 0 Å². The van der Waals surface area contributed by atoms with Gasteiger partial charge in [-0.15, -0.1) is 0 Å². The Kier molecular flexibility index (Phi) is 5.54. The third-order valence-corrected chi connectivity index (χ3v) is 4.50. The van der Waals surface area contributed by atoms with Crippen molar-refractivity contribution >= 4 is 22.4 Å². The molecule has 0 unspecified atom stereocenters. The summed E-state index contributed by atoms with van der Waals surface area (Å²) in [4.78, 5) is 21.7. The van der Waals surface area contributed by atoms with Gasteiger partial charge < -0.3 is 15.4 Å². The molecule has 2 heterocycles. The van der Waals surface area contributed by atoms with Gasteiger partial charge in [-0.1, -0.05) is 11.3 Å². The van der Waals surface area contributed by atoms with Gasteiger partial charge in [0.05, 0.1) is 12.8 Å². The number of ether oxygens (including phenoxy) is 1. The maximum atomic E-state index is 12.4. The van der Waals surface area contributed by atoms with E-state index in [0.717, 1.165) is 34.2 Å². The van der Waals surface area contributed by atoms with E-state index in [-0.39, 0.29) is 5.91 Å². The lowest BCUT2D eigenvalue weighted by Gasteiger charge is -2.12. The average Bonchev–Trinajstić information content (AvgIpc) is 2.86. The summed E-state index contributed by atoms with van der Waals surface area (Å²) in [6.07, 6.45) is 0. The number of thiazole rings is 1. The molecule has 6 nitrogen and oxygen atoms in total. The van der Waals surface area contributed by atoms with Gasteiger partial charge in [-0.25, -0.2) is 9.97 Å². The third-order valence-electron chi connectivity index (χ3n) is 3.39. The van der Waals surface area contributed by atoms with Crippen LogP contribution in [-0.2, 0) is 6.54 Å². The van der Waals surface area contributed by atoms with E-state index < -0.39 is 0 Å². The van der Waals surface area contributed by atoms with Gasteiger partial charge in [-0.05, 0) is 39.3 Å². The van der Waals surface area contributed by atoms with Gasteiger partial charge in [-0.3, -0.25) is 4.79 Å². The third kappa shape index (κ3) is 3.98. The van der Waals surface area contributed by atoms with E-state index in [1.165, 1.54) is 11.3 Å². The first-order valence-electron chi connectivity index (χ1n) is 7.46. The maximum Gasteiger partial charge on any atom is 0.263 e. The van der Waals surface area contributed by atoms with Crippen molar-refractivity contribution in [2.75, 3.05) is 19.0 Å². The summed E-state index contributed by atoms with van der Waals surface area (Å²) in [5, 5.41) is 6.82. The number of carbonyl (C=O) groups is 1. The quantitative estimate of drug-likeness (QED) is 0.849. The predicted molar refractivity (Wildman–Crippen MR) is 92.4 cm³/mol. The van der Waals surface area contributed by atoms with E-state index in [1.54, 1.807) is 7.11 Å². The normalized spacial score (nSPS) is 10.5. The zero-order chi connectivity index (χ0) is 17.0. The fraction of sp³-hybridized carbons (Fsp3) is 0.438. The molecule has 0 aliphatic carbocycles. The molecule has 124 valence electrons. The first-order valence-corrected chi connectivity index (χ1v) is 8.28. The SMILES string of the molecule is CCNc1nc(C)c(C(=O)NCc2c(C)cc(C)nc2OC)s1. The van der Waals surface area contributed by atoms with E-state index in [0.29, 0.717) is 17.3 Å². The number of amides is 1. The van der Waals surface area contributed by atoms with E-state index in [1.807, 2.05) is 33.8 Å². The molecule has 23 heavy (non-hydrogen) atoms. The Morgan fingerprint density at radius 2 is 2.04 bits per heavy atom. The monoisotopic (exact) mass is 334 g/mol. The Morgan fingerprint density at radius 3 is 2.70 bits per heavy atom. The topological polar surface area (TPSA) is 76.1 Å². The minimum atomic E-state index is -0.133. The number of aryl methyl sites for hydroxylation is 3. The second-order valence-electron chi connectivity index (χ2n) is 5.21. The molecular weight excluding hydrogens is 312 g/mol. The number of methoxy groups -OCH3 is 1. The van der Waals surface area contributed by atoms with Crippen LogP contribution in [0, 0.1) is 20.8 Å². The summed E-state index contributed by atoms with van der Waals surface area (Å²) in [5.74, 6) is 0.420. The van der Waals surface area contributed by atoms with Gasteiger partial charge in [-0.2, -0.15) is 0 Å². The number of anilines is 1. The average molecular weight is 334 g/mol. The summed E-state index contributed by atoms with van der Waals surface area (Å²) in [6.45, 7) is 8.89. The highest BCUT2D eigenvalue weighted by molar-refractivity contribution is 7.17. The molecule has 0 aliphatic rings. The number of nitrogens with zero attached hydrogens (tertiary/aromatic N) is 2. The van der Waals surface area contributed by atoms with Crippen LogP contribution in [0.4, 0.5) is 5.13 Å². The smallest absolute Gasteiger partial charge is 0.263 e. The summed E-state index contributed by atoms with van der Waals surface area (Å²) in [6, 6.07) is 1.98. The van der Waals surface area contributed by atoms with Crippen molar-refractivity contribution in [1.29, 1.82) is 0 Å². The first kappa shape index (κ1) is 17.2. The number of carbonyl (C=O) groups excluding carboxylic acids is 1. The van der Waals surface area contributed by atoms with E-state index in [9.17, 15) is 4.79 Å². The van der Waals surface area contributed by atoms with Gasteiger partial charge in [0.2, 0.25) is 5.88 Å². The summed E-state index contributed by atoms with van der Waals surface area (Å²) in [7, 11) is 1.59. The Bertz CT molecular complexity index is 712. The van der Waals surface area contributed by atoms with Crippen LogP contribution in [0.5, 0.6) is 5.88 Å². The molecule has 2 rings (SSSR count). The van der Waals surface area contributed by atoms with Gasteiger partial charge in [0, 0.05) is 24.3 Å². The fourth-order valence-electron chi connectivity index (χ4n) is 2.30. The van der Waals surface area contributed by atoms with E-state index in [4.69, 9.17) is 4.74 Å². The van der Waals surface area contributed by atoms with Crippen molar-refractivity contribution < 1.29 is 9.53 Å². The summed E-state index contributed by atoms with van der Waals surface area (Å²) >= 11 is 1.36. The Labute approximate surface area is 140 Å². The summed E-state index contributed by atoms with van der Waals surface area (Å²) in [5.41, 5.74) is 3.56. The Balaban J connectivity index is 2.13. The van der Waals surface area contributed by atoms with Crippen molar-refractivity contribution in [1.82, 2.24) is 15.3 Å². The molecule has 0 aromatic carbocycles. The predicted octanol–water partition coefficient (Wildman–Crippen LogP) is 2.83. The molecule has 0 fully saturated rings. The number of nitrogens with one attached hydrogen (secondary N) is 2. The van der Waals surface area contributed by atoms with Crippen LogP contribution in [0.3, 0.4) is 0 Å². The molecule has 0 bridgehead atoms.